The molecule has 5 amide bonds. The van der Waals surface area contributed by atoms with Gasteiger partial charge in [0, 0.05) is 31.6 Å². The van der Waals surface area contributed by atoms with Crippen molar-refractivity contribution in [2.75, 3.05) is 29.9 Å². The van der Waals surface area contributed by atoms with E-state index in [2.05, 4.69) is 10.6 Å². The number of urea groups is 2. The number of alkyl halides is 2. The molecule has 0 radical (unpaired) electrons. The zero-order chi connectivity index (χ0) is 18.0. The summed E-state index contributed by atoms with van der Waals surface area (Å²) in [6.07, 6.45) is -0.343. The summed E-state index contributed by atoms with van der Waals surface area (Å²) < 4.78 is 26.8. The predicted octanol–water partition coefficient (Wildman–Crippen LogP) is 2.40. The average Bonchev–Trinajstić information content (AvgIpc) is 2.77. The lowest BCUT2D eigenvalue weighted by molar-refractivity contribution is -0.115. The summed E-state index contributed by atoms with van der Waals surface area (Å²) in [6.45, 7) is 0.164. The predicted molar refractivity (Wildman–Crippen MR) is 86.7 cm³/mol. The molecule has 1 aromatic rings. The topological polar surface area (TPSA) is 81.8 Å². The van der Waals surface area contributed by atoms with Crippen molar-refractivity contribution in [3.8, 4) is 0 Å². The van der Waals surface area contributed by atoms with Crippen molar-refractivity contribution < 1.29 is 23.2 Å². The van der Waals surface area contributed by atoms with E-state index in [0.717, 1.165) is 4.90 Å². The van der Waals surface area contributed by atoms with E-state index in [0.29, 0.717) is 11.4 Å². The van der Waals surface area contributed by atoms with Crippen LogP contribution in [-0.2, 0) is 4.79 Å². The Morgan fingerprint density at radius 3 is 2.72 bits per heavy atom. The van der Waals surface area contributed by atoms with E-state index < -0.39 is 18.0 Å². The minimum atomic E-state index is -2.74. The van der Waals surface area contributed by atoms with Crippen LogP contribution in [-0.4, -0.2) is 48.4 Å². The number of hydrogen-bond donors (Lipinski definition) is 2. The number of nitrogens with zero attached hydrogens (tertiary/aromatic N) is 2. The van der Waals surface area contributed by atoms with Crippen LogP contribution < -0.4 is 15.5 Å². The van der Waals surface area contributed by atoms with Gasteiger partial charge in [0.2, 0.25) is 5.92 Å². The van der Waals surface area contributed by atoms with Crippen LogP contribution in [0.25, 0.3) is 0 Å². The molecule has 2 saturated heterocycles. The normalized spacial score (nSPS) is 20.2. The Morgan fingerprint density at radius 2 is 2.00 bits per heavy atom. The Morgan fingerprint density at radius 1 is 1.20 bits per heavy atom. The Kier molecular flexibility index (Phi) is 4.56. The molecule has 0 saturated carbocycles. The minimum absolute atomic E-state index is 0.0223. The highest BCUT2D eigenvalue weighted by molar-refractivity contribution is 6.20. The second kappa shape index (κ2) is 6.66. The molecule has 134 valence electrons. The summed E-state index contributed by atoms with van der Waals surface area (Å²) in [6, 6.07) is 5.26. The molecule has 0 aromatic heterocycles. The van der Waals surface area contributed by atoms with Crippen molar-refractivity contribution in [2.45, 2.75) is 25.2 Å². The molecule has 7 nitrogen and oxygen atoms in total. The van der Waals surface area contributed by atoms with Gasteiger partial charge in [-0.15, -0.1) is 0 Å². The summed E-state index contributed by atoms with van der Waals surface area (Å²) >= 11 is 0. The van der Waals surface area contributed by atoms with Crippen molar-refractivity contribution in [3.05, 3.63) is 24.3 Å². The van der Waals surface area contributed by atoms with Crippen LogP contribution in [0.15, 0.2) is 24.3 Å². The second-order valence-corrected chi connectivity index (χ2v) is 6.06. The molecule has 0 unspecified atom stereocenters. The average molecular weight is 352 g/mol. The van der Waals surface area contributed by atoms with E-state index in [4.69, 9.17) is 0 Å². The number of rotatable bonds is 2. The molecular weight excluding hydrogens is 334 g/mol. The van der Waals surface area contributed by atoms with Gasteiger partial charge in [-0.1, -0.05) is 6.07 Å². The van der Waals surface area contributed by atoms with Gasteiger partial charge in [0.25, 0.3) is 5.91 Å². The maximum Gasteiger partial charge on any atom is 0.329 e. The third-order valence-corrected chi connectivity index (χ3v) is 4.20. The Bertz CT molecular complexity index is 694. The van der Waals surface area contributed by atoms with Gasteiger partial charge in [-0.3, -0.25) is 4.79 Å². The molecule has 3 rings (SSSR count). The first-order valence-corrected chi connectivity index (χ1v) is 8.00. The highest BCUT2D eigenvalue weighted by Gasteiger charge is 2.33. The monoisotopic (exact) mass is 352 g/mol. The van der Waals surface area contributed by atoms with Gasteiger partial charge in [-0.2, -0.15) is 0 Å². The van der Waals surface area contributed by atoms with E-state index in [1.807, 2.05) is 0 Å². The lowest BCUT2D eigenvalue weighted by Crippen LogP contribution is -2.36. The first kappa shape index (κ1) is 17.1. The van der Waals surface area contributed by atoms with Crippen molar-refractivity contribution in [3.63, 3.8) is 0 Å². The van der Waals surface area contributed by atoms with Crippen LogP contribution >= 0.6 is 0 Å². The second-order valence-electron chi connectivity index (χ2n) is 6.06. The highest BCUT2D eigenvalue weighted by atomic mass is 19.3. The molecular formula is C16H18F2N4O3. The highest BCUT2D eigenvalue weighted by Crippen LogP contribution is 2.28. The standard InChI is InChI=1S/C16H18F2N4O3/c17-16(18)5-2-7-21(8-6-16)15(25)20-11-3-1-4-12(9-11)22-13(23)10-19-14(22)24/h1,3-4,9H,2,5-8,10H2,(H,19,24)(H,20,25). The van der Waals surface area contributed by atoms with Gasteiger partial charge in [0.05, 0.1) is 12.2 Å². The van der Waals surface area contributed by atoms with E-state index in [1.165, 1.54) is 11.0 Å². The zero-order valence-electron chi connectivity index (χ0n) is 13.4. The van der Waals surface area contributed by atoms with E-state index in [-0.39, 0.29) is 44.8 Å². The number of anilines is 2. The van der Waals surface area contributed by atoms with E-state index >= 15 is 0 Å². The first-order valence-electron chi connectivity index (χ1n) is 8.00. The Labute approximate surface area is 143 Å². The molecule has 2 aliphatic heterocycles. The summed E-state index contributed by atoms with van der Waals surface area (Å²) in [5.74, 6) is -3.12. The number of amides is 5. The molecule has 0 atom stereocenters. The lowest BCUT2D eigenvalue weighted by Gasteiger charge is -2.21. The zero-order valence-corrected chi connectivity index (χ0v) is 13.4. The van der Waals surface area contributed by atoms with Crippen molar-refractivity contribution in [2.24, 2.45) is 0 Å². The van der Waals surface area contributed by atoms with Crippen molar-refractivity contribution >= 4 is 29.3 Å². The fourth-order valence-corrected chi connectivity index (χ4v) is 2.88. The van der Waals surface area contributed by atoms with Gasteiger partial charge in [0.1, 0.15) is 0 Å². The number of likely N-dealkylation sites (tertiary alicyclic amines) is 1. The number of carbonyl (C=O) groups is 3. The largest absolute Gasteiger partial charge is 0.329 e. The third-order valence-electron chi connectivity index (χ3n) is 4.20. The Hall–Kier alpha value is -2.71. The summed E-state index contributed by atoms with van der Waals surface area (Å²) in [7, 11) is 0. The molecule has 9 heteroatoms. The van der Waals surface area contributed by atoms with E-state index in [1.54, 1.807) is 18.2 Å². The Balaban J connectivity index is 1.69. The van der Waals surface area contributed by atoms with Gasteiger partial charge in [-0.05, 0) is 24.6 Å². The van der Waals surface area contributed by atoms with Crippen LogP contribution in [0.4, 0.5) is 29.7 Å². The SMILES string of the molecule is O=C(Nc1cccc(N2C(=O)CNC2=O)c1)N1CCCC(F)(F)CC1. The summed E-state index contributed by atoms with van der Waals surface area (Å²) in [4.78, 5) is 38.1. The molecule has 0 bridgehead atoms. The number of imide groups is 1. The van der Waals surface area contributed by atoms with Gasteiger partial charge in [-0.25, -0.2) is 23.3 Å². The third kappa shape index (κ3) is 3.86. The number of benzene rings is 1. The molecule has 2 N–H and O–H groups in total. The fourth-order valence-electron chi connectivity index (χ4n) is 2.88. The van der Waals surface area contributed by atoms with Crippen molar-refractivity contribution in [1.29, 1.82) is 0 Å². The van der Waals surface area contributed by atoms with Gasteiger partial charge < -0.3 is 15.5 Å². The van der Waals surface area contributed by atoms with Gasteiger partial charge in [0.15, 0.2) is 0 Å². The van der Waals surface area contributed by atoms with Crippen LogP contribution in [0.3, 0.4) is 0 Å². The molecule has 0 aliphatic carbocycles. The summed E-state index contributed by atoms with van der Waals surface area (Å²) in [5, 5.41) is 5.05. The van der Waals surface area contributed by atoms with Crippen LogP contribution in [0.1, 0.15) is 19.3 Å². The van der Waals surface area contributed by atoms with E-state index in [9.17, 15) is 23.2 Å². The molecule has 2 heterocycles. The molecule has 2 aliphatic rings. The molecule has 2 fully saturated rings. The fraction of sp³-hybridized carbons (Fsp3) is 0.438. The van der Waals surface area contributed by atoms with Crippen LogP contribution in [0.5, 0.6) is 0 Å². The maximum atomic E-state index is 13.4. The number of hydrogen-bond acceptors (Lipinski definition) is 3. The number of nitrogens with one attached hydrogen (secondary N) is 2. The number of halogens is 2. The van der Waals surface area contributed by atoms with Crippen LogP contribution in [0, 0.1) is 0 Å². The number of carbonyl (C=O) groups excluding carboxylic acids is 3. The maximum absolute atomic E-state index is 13.4. The lowest BCUT2D eigenvalue weighted by atomic mass is 10.1. The van der Waals surface area contributed by atoms with Gasteiger partial charge >= 0.3 is 12.1 Å². The molecule has 1 aromatic carbocycles. The summed E-state index contributed by atoms with van der Waals surface area (Å²) in [5.41, 5.74) is 0.714. The minimum Gasteiger partial charge on any atom is -0.328 e. The molecule has 25 heavy (non-hydrogen) atoms. The van der Waals surface area contributed by atoms with Crippen molar-refractivity contribution in [1.82, 2.24) is 10.2 Å². The quantitative estimate of drug-likeness (QED) is 0.802. The molecule has 0 spiro atoms. The first-order chi connectivity index (χ1) is 11.9. The van der Waals surface area contributed by atoms with Crippen LogP contribution in [0.2, 0.25) is 0 Å². The smallest absolute Gasteiger partial charge is 0.328 e.